The monoisotopic (exact) mass is 272 g/mol. The number of primary sulfonamides is 1. The van der Waals surface area contributed by atoms with Crippen molar-refractivity contribution in [3.8, 4) is 0 Å². The molecule has 0 atom stereocenters. The van der Waals surface area contributed by atoms with Crippen LogP contribution in [-0.4, -0.2) is 27.4 Å². The van der Waals surface area contributed by atoms with Crippen molar-refractivity contribution in [2.24, 2.45) is 5.14 Å². The standard InChI is InChI=1S/C10H16N4O3S/c1-2-13-10(15)6-14-9-4-3-7(5-8(9)11)18(12,16)17/h3-5,14H,2,6,11H2,1H3,(H,13,15)(H2,12,16,17). The van der Waals surface area contributed by atoms with Gasteiger partial charge < -0.3 is 16.4 Å². The zero-order chi connectivity index (χ0) is 13.8. The smallest absolute Gasteiger partial charge is 0.239 e. The van der Waals surface area contributed by atoms with E-state index in [0.717, 1.165) is 0 Å². The number of nitrogens with one attached hydrogen (secondary N) is 2. The maximum Gasteiger partial charge on any atom is 0.239 e. The maximum atomic E-state index is 11.2. The number of sulfonamides is 1. The Hall–Kier alpha value is -1.80. The van der Waals surface area contributed by atoms with E-state index in [0.29, 0.717) is 12.2 Å². The van der Waals surface area contributed by atoms with Gasteiger partial charge in [0.25, 0.3) is 0 Å². The zero-order valence-corrected chi connectivity index (χ0v) is 10.8. The number of hydrogen-bond acceptors (Lipinski definition) is 5. The van der Waals surface area contributed by atoms with Gasteiger partial charge in [-0.1, -0.05) is 0 Å². The van der Waals surface area contributed by atoms with Gasteiger partial charge in [0, 0.05) is 6.54 Å². The lowest BCUT2D eigenvalue weighted by atomic mass is 10.2. The number of anilines is 2. The molecule has 0 saturated carbocycles. The highest BCUT2D eigenvalue weighted by molar-refractivity contribution is 7.89. The molecule has 1 amide bonds. The van der Waals surface area contributed by atoms with Crippen LogP contribution in [0.5, 0.6) is 0 Å². The first-order valence-electron chi connectivity index (χ1n) is 5.27. The summed E-state index contributed by atoms with van der Waals surface area (Å²) in [5.74, 6) is -0.174. The molecule has 0 aliphatic rings. The number of nitrogens with two attached hydrogens (primary N) is 2. The van der Waals surface area contributed by atoms with Gasteiger partial charge in [-0.05, 0) is 25.1 Å². The minimum absolute atomic E-state index is 0.0623. The van der Waals surface area contributed by atoms with Gasteiger partial charge >= 0.3 is 0 Å². The van der Waals surface area contributed by atoms with Gasteiger partial charge in [0.1, 0.15) is 0 Å². The normalized spacial score (nSPS) is 11.0. The highest BCUT2D eigenvalue weighted by Gasteiger charge is 2.10. The minimum Gasteiger partial charge on any atom is -0.397 e. The summed E-state index contributed by atoms with van der Waals surface area (Å²) in [5, 5.41) is 10.4. The minimum atomic E-state index is -3.77. The number of benzene rings is 1. The molecule has 0 saturated heterocycles. The molecule has 0 aliphatic carbocycles. The maximum absolute atomic E-state index is 11.2. The summed E-state index contributed by atoms with van der Waals surface area (Å²) in [6, 6.07) is 4.04. The Kier molecular flexibility index (Phi) is 4.51. The number of nitrogen functional groups attached to an aromatic ring is 1. The molecule has 0 unspecified atom stereocenters. The quantitative estimate of drug-likeness (QED) is 0.535. The van der Waals surface area contributed by atoms with Crippen LogP contribution in [-0.2, 0) is 14.8 Å². The Labute approximate surface area is 106 Å². The van der Waals surface area contributed by atoms with E-state index in [1.807, 2.05) is 6.92 Å². The van der Waals surface area contributed by atoms with Crippen molar-refractivity contribution < 1.29 is 13.2 Å². The summed E-state index contributed by atoms with van der Waals surface area (Å²) < 4.78 is 22.2. The van der Waals surface area contributed by atoms with Crippen LogP contribution in [0.4, 0.5) is 11.4 Å². The Morgan fingerprint density at radius 3 is 2.56 bits per heavy atom. The van der Waals surface area contributed by atoms with Crippen molar-refractivity contribution in [3.63, 3.8) is 0 Å². The molecule has 6 N–H and O–H groups in total. The summed E-state index contributed by atoms with van der Waals surface area (Å²) in [6.45, 7) is 2.42. The fourth-order valence-corrected chi connectivity index (χ4v) is 1.86. The summed E-state index contributed by atoms with van der Waals surface area (Å²) in [5.41, 5.74) is 6.36. The second-order valence-corrected chi connectivity index (χ2v) is 5.16. The number of hydrogen-bond donors (Lipinski definition) is 4. The average molecular weight is 272 g/mol. The van der Waals surface area contributed by atoms with Crippen molar-refractivity contribution in [2.75, 3.05) is 24.1 Å². The van der Waals surface area contributed by atoms with Crippen LogP contribution in [0.15, 0.2) is 23.1 Å². The van der Waals surface area contributed by atoms with E-state index < -0.39 is 10.0 Å². The lowest BCUT2D eigenvalue weighted by Gasteiger charge is -2.10. The van der Waals surface area contributed by atoms with E-state index in [1.165, 1.54) is 18.2 Å². The zero-order valence-electron chi connectivity index (χ0n) is 9.93. The van der Waals surface area contributed by atoms with Gasteiger partial charge in [-0.25, -0.2) is 13.6 Å². The molecule has 100 valence electrons. The van der Waals surface area contributed by atoms with Crippen LogP contribution >= 0.6 is 0 Å². The third-order valence-electron chi connectivity index (χ3n) is 2.16. The van der Waals surface area contributed by atoms with Crippen LogP contribution in [0, 0.1) is 0 Å². The number of carbonyl (C=O) groups excluding carboxylic acids is 1. The third kappa shape index (κ3) is 3.90. The number of amides is 1. The largest absolute Gasteiger partial charge is 0.397 e. The Morgan fingerprint density at radius 1 is 1.39 bits per heavy atom. The SMILES string of the molecule is CCNC(=O)CNc1ccc(S(N)(=O)=O)cc1N. The average Bonchev–Trinajstić information content (AvgIpc) is 2.26. The first-order chi connectivity index (χ1) is 8.34. The van der Waals surface area contributed by atoms with Crippen molar-refractivity contribution in [1.29, 1.82) is 0 Å². The molecule has 0 aromatic heterocycles. The second-order valence-electron chi connectivity index (χ2n) is 3.60. The summed E-state index contributed by atoms with van der Waals surface area (Å²) in [7, 11) is -3.77. The molecule has 1 aromatic rings. The highest BCUT2D eigenvalue weighted by atomic mass is 32.2. The molecular formula is C10H16N4O3S. The van der Waals surface area contributed by atoms with E-state index in [2.05, 4.69) is 10.6 Å². The Morgan fingerprint density at radius 2 is 2.06 bits per heavy atom. The van der Waals surface area contributed by atoms with Crippen LogP contribution in [0.3, 0.4) is 0 Å². The van der Waals surface area contributed by atoms with Gasteiger partial charge in [-0.3, -0.25) is 4.79 Å². The molecule has 0 spiro atoms. The first kappa shape index (κ1) is 14.3. The second kappa shape index (κ2) is 5.69. The van der Waals surface area contributed by atoms with Gasteiger partial charge in [0.2, 0.25) is 15.9 Å². The van der Waals surface area contributed by atoms with Gasteiger partial charge in [0.05, 0.1) is 22.8 Å². The molecule has 8 heteroatoms. The molecule has 0 bridgehead atoms. The Bertz CT molecular complexity index is 542. The fraction of sp³-hybridized carbons (Fsp3) is 0.300. The lowest BCUT2D eigenvalue weighted by molar-refractivity contribution is -0.119. The molecule has 1 aromatic carbocycles. The van der Waals surface area contributed by atoms with Crippen molar-refractivity contribution in [3.05, 3.63) is 18.2 Å². The topological polar surface area (TPSA) is 127 Å². The molecule has 1 rings (SSSR count). The number of likely N-dealkylation sites (N-methyl/N-ethyl adjacent to an activating group) is 1. The predicted octanol–water partition coefficient (Wildman–Crippen LogP) is -0.536. The lowest BCUT2D eigenvalue weighted by Crippen LogP contribution is -2.29. The number of carbonyl (C=O) groups is 1. The summed E-state index contributed by atoms with van der Waals surface area (Å²) in [6.07, 6.45) is 0. The molecule has 0 radical (unpaired) electrons. The molecule has 0 heterocycles. The summed E-state index contributed by atoms with van der Waals surface area (Å²) >= 11 is 0. The Balaban J connectivity index is 2.78. The van der Waals surface area contributed by atoms with E-state index in [-0.39, 0.29) is 23.0 Å². The van der Waals surface area contributed by atoms with Gasteiger partial charge in [-0.15, -0.1) is 0 Å². The van der Waals surface area contributed by atoms with Gasteiger partial charge in [-0.2, -0.15) is 0 Å². The molecular weight excluding hydrogens is 256 g/mol. The number of rotatable bonds is 5. The van der Waals surface area contributed by atoms with Crippen LogP contribution in [0.2, 0.25) is 0 Å². The van der Waals surface area contributed by atoms with Crippen molar-refractivity contribution in [2.45, 2.75) is 11.8 Å². The van der Waals surface area contributed by atoms with Crippen molar-refractivity contribution >= 4 is 27.3 Å². The molecule has 18 heavy (non-hydrogen) atoms. The fourth-order valence-electron chi connectivity index (χ4n) is 1.31. The van der Waals surface area contributed by atoms with E-state index in [1.54, 1.807) is 0 Å². The van der Waals surface area contributed by atoms with Crippen molar-refractivity contribution in [1.82, 2.24) is 5.32 Å². The van der Waals surface area contributed by atoms with Gasteiger partial charge in [0.15, 0.2) is 0 Å². The molecule has 7 nitrogen and oxygen atoms in total. The summed E-state index contributed by atoms with van der Waals surface area (Å²) in [4.78, 5) is 11.2. The molecule has 0 aliphatic heterocycles. The van der Waals surface area contributed by atoms with E-state index in [4.69, 9.17) is 10.9 Å². The molecule has 0 fully saturated rings. The first-order valence-corrected chi connectivity index (χ1v) is 6.82. The highest BCUT2D eigenvalue weighted by Crippen LogP contribution is 2.21. The third-order valence-corrected chi connectivity index (χ3v) is 3.08. The van der Waals surface area contributed by atoms with E-state index >= 15 is 0 Å². The van der Waals surface area contributed by atoms with Crippen LogP contribution < -0.4 is 21.5 Å². The van der Waals surface area contributed by atoms with Crippen LogP contribution in [0.1, 0.15) is 6.92 Å². The van der Waals surface area contributed by atoms with Crippen LogP contribution in [0.25, 0.3) is 0 Å². The van der Waals surface area contributed by atoms with E-state index in [9.17, 15) is 13.2 Å². The predicted molar refractivity (Wildman–Crippen MR) is 69.4 cm³/mol.